The largest absolute Gasteiger partial charge is 0.392 e. The topological polar surface area (TPSA) is 23.5 Å². The number of aliphatic hydroxyl groups excluding tert-OH is 1. The number of likely N-dealkylation sites (tertiary alicyclic amines) is 1. The van der Waals surface area contributed by atoms with Crippen LogP contribution in [-0.4, -0.2) is 29.2 Å². The molecule has 0 radical (unpaired) electrons. The summed E-state index contributed by atoms with van der Waals surface area (Å²) in [5, 5.41) is 9.29. The molecule has 1 aromatic rings. The van der Waals surface area contributed by atoms with Crippen molar-refractivity contribution in [2.75, 3.05) is 13.1 Å². The lowest BCUT2D eigenvalue weighted by Gasteiger charge is -2.15. The van der Waals surface area contributed by atoms with Gasteiger partial charge in [0.1, 0.15) is 11.6 Å². The first kappa shape index (κ1) is 10.5. The maximum atomic E-state index is 13.3. The van der Waals surface area contributed by atoms with Crippen molar-refractivity contribution >= 4 is 0 Å². The highest BCUT2D eigenvalue weighted by Crippen LogP contribution is 2.16. The third-order valence-corrected chi connectivity index (χ3v) is 2.65. The first-order valence-electron chi connectivity index (χ1n) is 4.99. The van der Waals surface area contributed by atoms with Gasteiger partial charge in [-0.3, -0.25) is 4.90 Å². The molecule has 0 aromatic heterocycles. The van der Waals surface area contributed by atoms with Gasteiger partial charge in [-0.1, -0.05) is 0 Å². The van der Waals surface area contributed by atoms with Crippen LogP contribution in [0.4, 0.5) is 8.78 Å². The maximum Gasteiger partial charge on any atom is 0.127 e. The van der Waals surface area contributed by atoms with Crippen LogP contribution < -0.4 is 0 Å². The first-order valence-corrected chi connectivity index (χ1v) is 4.99. The number of halogens is 2. The molecule has 0 spiro atoms. The number of benzene rings is 1. The van der Waals surface area contributed by atoms with Crippen molar-refractivity contribution in [1.82, 2.24) is 4.90 Å². The Morgan fingerprint density at radius 2 is 2.20 bits per heavy atom. The summed E-state index contributed by atoms with van der Waals surface area (Å²) in [6.45, 7) is 1.63. The van der Waals surface area contributed by atoms with Gasteiger partial charge < -0.3 is 5.11 Å². The van der Waals surface area contributed by atoms with Crippen molar-refractivity contribution in [3.63, 3.8) is 0 Å². The summed E-state index contributed by atoms with van der Waals surface area (Å²) >= 11 is 0. The molecule has 0 unspecified atom stereocenters. The second kappa shape index (κ2) is 4.24. The Morgan fingerprint density at radius 3 is 2.87 bits per heavy atom. The van der Waals surface area contributed by atoms with E-state index in [1.54, 1.807) is 0 Å². The van der Waals surface area contributed by atoms with Gasteiger partial charge in [-0.2, -0.15) is 0 Å². The van der Waals surface area contributed by atoms with Crippen LogP contribution in [0.25, 0.3) is 0 Å². The molecule has 1 aliphatic rings. The number of nitrogens with zero attached hydrogens (tertiary/aromatic N) is 1. The van der Waals surface area contributed by atoms with Gasteiger partial charge in [0.05, 0.1) is 6.10 Å². The van der Waals surface area contributed by atoms with Gasteiger partial charge in [-0.15, -0.1) is 0 Å². The lowest BCUT2D eigenvalue weighted by atomic mass is 10.2. The van der Waals surface area contributed by atoms with E-state index >= 15 is 0 Å². The number of aliphatic hydroxyl groups is 1. The number of hydrogen-bond acceptors (Lipinski definition) is 2. The van der Waals surface area contributed by atoms with Crippen LogP contribution in [0.15, 0.2) is 18.2 Å². The average molecular weight is 213 g/mol. The second-order valence-electron chi connectivity index (χ2n) is 3.91. The summed E-state index contributed by atoms with van der Waals surface area (Å²) < 4.78 is 26.1. The first-order chi connectivity index (χ1) is 7.15. The number of rotatable bonds is 2. The summed E-state index contributed by atoms with van der Waals surface area (Å²) in [5.74, 6) is -0.816. The molecular formula is C11H13F2NO. The Kier molecular flexibility index (Phi) is 2.98. The molecule has 15 heavy (non-hydrogen) atoms. The molecule has 1 saturated heterocycles. The Hall–Kier alpha value is -1.00. The molecule has 0 aliphatic carbocycles. The van der Waals surface area contributed by atoms with Gasteiger partial charge in [-0.25, -0.2) is 8.78 Å². The zero-order chi connectivity index (χ0) is 10.8. The Balaban J connectivity index is 2.07. The zero-order valence-electron chi connectivity index (χ0n) is 8.29. The minimum Gasteiger partial charge on any atom is -0.392 e. The maximum absolute atomic E-state index is 13.3. The van der Waals surface area contributed by atoms with Crippen molar-refractivity contribution < 1.29 is 13.9 Å². The Morgan fingerprint density at radius 1 is 1.40 bits per heavy atom. The van der Waals surface area contributed by atoms with Crippen LogP contribution in [0.2, 0.25) is 0 Å². The average Bonchev–Trinajstić information content (AvgIpc) is 2.58. The van der Waals surface area contributed by atoms with Crippen LogP contribution in [0.1, 0.15) is 12.0 Å². The molecule has 0 amide bonds. The van der Waals surface area contributed by atoms with Crippen molar-refractivity contribution in [2.24, 2.45) is 0 Å². The van der Waals surface area contributed by atoms with Crippen LogP contribution in [-0.2, 0) is 6.54 Å². The summed E-state index contributed by atoms with van der Waals surface area (Å²) in [6, 6.07) is 3.45. The van der Waals surface area contributed by atoms with Gasteiger partial charge >= 0.3 is 0 Å². The molecule has 1 atom stereocenters. The van der Waals surface area contributed by atoms with Crippen molar-refractivity contribution in [2.45, 2.75) is 19.1 Å². The molecule has 1 aromatic carbocycles. The lowest BCUT2D eigenvalue weighted by molar-refractivity contribution is 0.174. The molecular weight excluding hydrogens is 200 g/mol. The van der Waals surface area contributed by atoms with E-state index in [1.807, 2.05) is 4.90 Å². The fraction of sp³-hybridized carbons (Fsp3) is 0.455. The van der Waals surface area contributed by atoms with Crippen molar-refractivity contribution in [1.29, 1.82) is 0 Å². The molecule has 1 fully saturated rings. The second-order valence-corrected chi connectivity index (χ2v) is 3.91. The van der Waals surface area contributed by atoms with Crippen LogP contribution in [0.5, 0.6) is 0 Å². The molecule has 0 bridgehead atoms. The van der Waals surface area contributed by atoms with Gasteiger partial charge in [0.15, 0.2) is 0 Å². The lowest BCUT2D eigenvalue weighted by Crippen LogP contribution is -2.22. The molecule has 82 valence electrons. The standard InChI is InChI=1S/C11H13F2NO/c12-9-1-2-11(13)8(5-9)6-14-4-3-10(15)7-14/h1-2,5,10,15H,3-4,6-7H2/t10-/m0/s1. The van der Waals surface area contributed by atoms with Gasteiger partial charge in [-0.05, 0) is 24.6 Å². The number of hydrogen-bond donors (Lipinski definition) is 1. The fourth-order valence-electron chi connectivity index (χ4n) is 1.86. The summed E-state index contributed by atoms with van der Waals surface area (Å²) in [6.07, 6.45) is 0.373. The normalized spacial score (nSPS) is 22.2. The molecule has 2 nitrogen and oxygen atoms in total. The SMILES string of the molecule is O[C@H]1CCN(Cc2cc(F)ccc2F)C1. The molecule has 4 heteroatoms. The molecule has 1 aliphatic heterocycles. The Bertz CT molecular complexity index is 356. The predicted molar refractivity (Wildman–Crippen MR) is 52.3 cm³/mol. The summed E-state index contributed by atoms with van der Waals surface area (Å²) in [4.78, 5) is 1.92. The monoisotopic (exact) mass is 213 g/mol. The van der Waals surface area contributed by atoms with E-state index in [0.717, 1.165) is 18.7 Å². The van der Waals surface area contributed by atoms with E-state index in [4.69, 9.17) is 0 Å². The quantitative estimate of drug-likeness (QED) is 0.805. The van der Waals surface area contributed by atoms with E-state index in [9.17, 15) is 13.9 Å². The van der Waals surface area contributed by atoms with E-state index in [-0.39, 0.29) is 6.10 Å². The fourth-order valence-corrected chi connectivity index (χ4v) is 1.86. The van der Waals surface area contributed by atoms with E-state index in [0.29, 0.717) is 25.1 Å². The highest BCUT2D eigenvalue weighted by Gasteiger charge is 2.21. The third-order valence-electron chi connectivity index (χ3n) is 2.65. The molecule has 0 saturated carbocycles. The minimum absolute atomic E-state index is 0.332. The summed E-state index contributed by atoms with van der Waals surface area (Å²) in [7, 11) is 0. The number of β-amino-alcohol motifs (C(OH)–C–C–N with tert-alkyl or cyclic N) is 1. The van der Waals surface area contributed by atoms with Crippen molar-refractivity contribution in [3.8, 4) is 0 Å². The molecule has 1 N–H and O–H groups in total. The Labute approximate surface area is 87.1 Å². The van der Waals surface area contributed by atoms with Crippen LogP contribution in [0, 0.1) is 11.6 Å². The summed E-state index contributed by atoms with van der Waals surface area (Å²) in [5.41, 5.74) is 0.351. The smallest absolute Gasteiger partial charge is 0.127 e. The highest BCUT2D eigenvalue weighted by atomic mass is 19.1. The van der Waals surface area contributed by atoms with Gasteiger partial charge in [0.2, 0.25) is 0 Å². The predicted octanol–water partition coefficient (Wildman–Crippen LogP) is 1.53. The van der Waals surface area contributed by atoms with Crippen molar-refractivity contribution in [3.05, 3.63) is 35.4 Å². The van der Waals surface area contributed by atoms with Crippen LogP contribution >= 0.6 is 0 Å². The third kappa shape index (κ3) is 2.52. The van der Waals surface area contributed by atoms with Gasteiger partial charge in [0.25, 0.3) is 0 Å². The zero-order valence-corrected chi connectivity index (χ0v) is 8.29. The van der Waals surface area contributed by atoms with E-state index in [1.165, 1.54) is 6.07 Å². The van der Waals surface area contributed by atoms with E-state index < -0.39 is 11.6 Å². The van der Waals surface area contributed by atoms with E-state index in [2.05, 4.69) is 0 Å². The molecule has 2 rings (SSSR count). The minimum atomic E-state index is -0.425. The van der Waals surface area contributed by atoms with Crippen LogP contribution in [0.3, 0.4) is 0 Å². The molecule has 1 heterocycles. The van der Waals surface area contributed by atoms with Gasteiger partial charge in [0, 0.05) is 25.2 Å². The highest BCUT2D eigenvalue weighted by molar-refractivity contribution is 5.18.